The Morgan fingerprint density at radius 2 is 1.54 bits per heavy atom. The second-order valence-electron chi connectivity index (χ2n) is 7.40. The summed E-state index contributed by atoms with van der Waals surface area (Å²) in [4.78, 5) is 19.9. The van der Waals surface area contributed by atoms with E-state index < -0.39 is 0 Å². The molecule has 3 heteroatoms. The van der Waals surface area contributed by atoms with Crippen LogP contribution in [0.2, 0.25) is 0 Å². The van der Waals surface area contributed by atoms with Gasteiger partial charge in [-0.1, -0.05) is 48.0 Å². The van der Waals surface area contributed by atoms with Gasteiger partial charge in [-0.05, 0) is 61.7 Å². The lowest BCUT2D eigenvalue weighted by Gasteiger charge is -2.15. The van der Waals surface area contributed by atoms with Crippen molar-refractivity contribution < 1.29 is 4.79 Å². The maximum absolute atomic E-state index is 13.2. The molecule has 4 rings (SSSR count). The molecule has 2 N–H and O–H groups in total. The molecule has 2 aromatic carbocycles. The maximum atomic E-state index is 13.2. The van der Waals surface area contributed by atoms with Crippen molar-refractivity contribution in [3.8, 4) is 0 Å². The molecule has 0 amide bonds. The first-order valence-electron chi connectivity index (χ1n) is 9.54. The third kappa shape index (κ3) is 3.31. The minimum absolute atomic E-state index is 0.0259. The van der Waals surface area contributed by atoms with Gasteiger partial charge in [0.1, 0.15) is 0 Å². The first kappa shape index (κ1) is 18.1. The van der Waals surface area contributed by atoms with Crippen LogP contribution in [0.5, 0.6) is 0 Å². The van der Waals surface area contributed by atoms with E-state index >= 15 is 0 Å². The molecule has 0 aliphatic heterocycles. The lowest BCUT2D eigenvalue weighted by molar-refractivity contribution is 0.103. The van der Waals surface area contributed by atoms with Crippen molar-refractivity contribution in [1.82, 2.24) is 9.97 Å². The van der Waals surface area contributed by atoms with Gasteiger partial charge in [0.2, 0.25) is 5.78 Å². The number of H-pyrrole nitrogens is 2. The summed E-state index contributed by atoms with van der Waals surface area (Å²) < 4.78 is 0. The summed E-state index contributed by atoms with van der Waals surface area (Å²) in [5, 5.41) is 0. The Labute approximate surface area is 165 Å². The van der Waals surface area contributed by atoms with E-state index in [0.717, 1.165) is 28.1 Å². The van der Waals surface area contributed by atoms with Crippen LogP contribution in [-0.4, -0.2) is 15.8 Å². The van der Waals surface area contributed by atoms with Crippen LogP contribution in [0.15, 0.2) is 72.9 Å². The van der Waals surface area contributed by atoms with Crippen molar-refractivity contribution in [3.63, 3.8) is 0 Å². The van der Waals surface area contributed by atoms with E-state index in [-0.39, 0.29) is 11.7 Å². The van der Waals surface area contributed by atoms with E-state index in [1.54, 1.807) is 0 Å². The van der Waals surface area contributed by atoms with Gasteiger partial charge >= 0.3 is 0 Å². The number of rotatable bonds is 5. The van der Waals surface area contributed by atoms with Gasteiger partial charge < -0.3 is 9.97 Å². The summed E-state index contributed by atoms with van der Waals surface area (Å²) in [5.41, 5.74) is 7.88. The molecule has 140 valence electrons. The number of aromatic amines is 2. The summed E-state index contributed by atoms with van der Waals surface area (Å²) in [6, 6.07) is 22.4. The van der Waals surface area contributed by atoms with Crippen LogP contribution in [0.1, 0.15) is 55.6 Å². The lowest BCUT2D eigenvalue weighted by Crippen LogP contribution is -2.09. The summed E-state index contributed by atoms with van der Waals surface area (Å²) in [6.07, 6.45) is 1.93. The van der Waals surface area contributed by atoms with Gasteiger partial charge in [0.15, 0.2) is 0 Å². The molecule has 0 saturated heterocycles. The average Bonchev–Trinajstić information content (AvgIpc) is 3.35. The summed E-state index contributed by atoms with van der Waals surface area (Å²) in [7, 11) is 0. The predicted octanol–water partition coefficient (Wildman–Crippen LogP) is 5.68. The fraction of sp³-hybridized carbons (Fsp3) is 0.160. The van der Waals surface area contributed by atoms with Crippen LogP contribution in [0.4, 0.5) is 0 Å². The molecular formula is C25H24N2O. The number of nitrogens with one attached hydrogen (secondary N) is 2. The fourth-order valence-electron chi connectivity index (χ4n) is 4.08. The van der Waals surface area contributed by atoms with Gasteiger partial charge in [-0.2, -0.15) is 0 Å². The Hall–Kier alpha value is -3.33. The zero-order chi connectivity index (χ0) is 19.7. The molecule has 0 aliphatic rings. The summed E-state index contributed by atoms with van der Waals surface area (Å²) >= 11 is 0. The number of ketones is 1. The summed E-state index contributed by atoms with van der Waals surface area (Å²) in [5.74, 6) is 0.0671. The minimum Gasteiger partial charge on any atom is -0.364 e. The Morgan fingerprint density at radius 1 is 0.821 bits per heavy atom. The first-order chi connectivity index (χ1) is 13.5. The number of hydrogen-bond donors (Lipinski definition) is 2. The molecule has 0 saturated carbocycles. The largest absolute Gasteiger partial charge is 0.364 e. The molecule has 2 aromatic heterocycles. The number of benzene rings is 2. The van der Waals surface area contributed by atoms with Crippen molar-refractivity contribution >= 4 is 5.78 Å². The average molecular weight is 368 g/mol. The van der Waals surface area contributed by atoms with Crippen LogP contribution in [0.3, 0.4) is 0 Å². The van der Waals surface area contributed by atoms with E-state index in [1.165, 1.54) is 11.1 Å². The second-order valence-corrected chi connectivity index (χ2v) is 7.40. The molecule has 3 nitrogen and oxygen atoms in total. The molecule has 4 aromatic rings. The van der Waals surface area contributed by atoms with Crippen molar-refractivity contribution in [3.05, 3.63) is 118 Å². The van der Waals surface area contributed by atoms with Crippen LogP contribution >= 0.6 is 0 Å². The van der Waals surface area contributed by atoms with Crippen LogP contribution < -0.4 is 0 Å². The van der Waals surface area contributed by atoms with E-state index in [4.69, 9.17) is 0 Å². The standard InChI is InChI=1S/C25H24N2O/c1-16-14-17(2)23(18(3)15-16)25(28)22-12-11-21(27-22)24(20-10-7-13-26-20)19-8-5-4-6-9-19/h4-15,24,26-27H,1-3H3. The molecule has 0 bridgehead atoms. The normalized spacial score (nSPS) is 12.1. The van der Waals surface area contributed by atoms with Gasteiger partial charge in [0.05, 0.1) is 11.6 Å². The molecule has 0 spiro atoms. The molecule has 1 atom stereocenters. The highest BCUT2D eigenvalue weighted by atomic mass is 16.1. The van der Waals surface area contributed by atoms with Gasteiger partial charge in [0, 0.05) is 23.1 Å². The number of aromatic nitrogens is 2. The van der Waals surface area contributed by atoms with Gasteiger partial charge in [0.25, 0.3) is 0 Å². The Kier molecular flexibility index (Phi) is 4.74. The monoisotopic (exact) mass is 368 g/mol. The zero-order valence-corrected chi connectivity index (χ0v) is 16.4. The summed E-state index contributed by atoms with van der Waals surface area (Å²) in [6.45, 7) is 6.06. The molecule has 28 heavy (non-hydrogen) atoms. The number of hydrogen-bond acceptors (Lipinski definition) is 1. The van der Waals surface area contributed by atoms with Crippen LogP contribution in [0, 0.1) is 20.8 Å². The van der Waals surface area contributed by atoms with Crippen LogP contribution in [-0.2, 0) is 0 Å². The van der Waals surface area contributed by atoms with Crippen molar-refractivity contribution in [1.29, 1.82) is 0 Å². The number of aryl methyl sites for hydroxylation is 3. The molecule has 0 radical (unpaired) electrons. The van der Waals surface area contributed by atoms with Crippen molar-refractivity contribution in [2.45, 2.75) is 26.7 Å². The SMILES string of the molecule is Cc1cc(C)c(C(=O)c2ccc(C(c3ccccc3)c3ccc[nH]3)[nH]2)c(C)c1. The van der Waals surface area contributed by atoms with E-state index in [1.807, 2.05) is 56.4 Å². The van der Waals surface area contributed by atoms with E-state index in [2.05, 4.69) is 47.2 Å². The van der Waals surface area contributed by atoms with E-state index in [0.29, 0.717) is 5.69 Å². The Bertz CT molecular complexity index is 1080. The zero-order valence-electron chi connectivity index (χ0n) is 16.4. The van der Waals surface area contributed by atoms with Crippen molar-refractivity contribution in [2.24, 2.45) is 0 Å². The number of carbonyl (C=O) groups is 1. The topological polar surface area (TPSA) is 48.6 Å². The molecular weight excluding hydrogens is 344 g/mol. The van der Waals surface area contributed by atoms with E-state index in [9.17, 15) is 4.79 Å². The van der Waals surface area contributed by atoms with Gasteiger partial charge in [-0.3, -0.25) is 4.79 Å². The third-order valence-corrected chi connectivity index (χ3v) is 5.23. The molecule has 2 heterocycles. The predicted molar refractivity (Wildman–Crippen MR) is 113 cm³/mol. The highest BCUT2D eigenvalue weighted by Crippen LogP contribution is 2.31. The Balaban J connectivity index is 1.75. The molecule has 0 fully saturated rings. The van der Waals surface area contributed by atoms with Gasteiger partial charge in [-0.15, -0.1) is 0 Å². The first-order valence-corrected chi connectivity index (χ1v) is 9.54. The number of carbonyl (C=O) groups excluding carboxylic acids is 1. The lowest BCUT2D eigenvalue weighted by atomic mass is 9.93. The highest BCUT2D eigenvalue weighted by molar-refractivity contribution is 6.09. The molecule has 1 unspecified atom stereocenters. The smallest absolute Gasteiger partial charge is 0.209 e. The second kappa shape index (κ2) is 7.35. The third-order valence-electron chi connectivity index (χ3n) is 5.23. The van der Waals surface area contributed by atoms with Crippen molar-refractivity contribution in [2.75, 3.05) is 0 Å². The van der Waals surface area contributed by atoms with Crippen LogP contribution in [0.25, 0.3) is 0 Å². The fourth-order valence-corrected chi connectivity index (χ4v) is 4.08. The highest BCUT2D eigenvalue weighted by Gasteiger charge is 2.22. The minimum atomic E-state index is 0.0259. The Morgan fingerprint density at radius 3 is 2.18 bits per heavy atom. The molecule has 0 aliphatic carbocycles. The quantitative estimate of drug-likeness (QED) is 0.438. The maximum Gasteiger partial charge on any atom is 0.209 e. The van der Waals surface area contributed by atoms with Gasteiger partial charge in [-0.25, -0.2) is 0 Å².